The van der Waals surface area contributed by atoms with Crippen LogP contribution < -0.4 is 0 Å². The predicted octanol–water partition coefficient (Wildman–Crippen LogP) is 1.45. The minimum atomic E-state index is -0.355. The smallest absolute Gasteiger partial charge is 0.251 e. The number of ether oxygens (including phenoxy) is 1. The predicted molar refractivity (Wildman–Crippen MR) is 53.5 cm³/mol. The van der Waals surface area contributed by atoms with Crippen LogP contribution in [0, 0.1) is 0 Å². The van der Waals surface area contributed by atoms with Gasteiger partial charge in [0.2, 0.25) is 0 Å². The second kappa shape index (κ2) is 6.66. The first-order valence-electron chi connectivity index (χ1n) is 4.59. The first-order valence-corrected chi connectivity index (χ1v) is 4.59. The van der Waals surface area contributed by atoms with Gasteiger partial charge in [-0.15, -0.1) is 6.58 Å². The Kier molecular flexibility index (Phi) is 6.24. The highest BCUT2D eigenvalue weighted by atomic mass is 16.5. The number of nitrogens with zero attached hydrogens (tertiary/aromatic N) is 1. The molecule has 0 bridgehead atoms. The Bertz CT molecular complexity index is 168. The number of carbonyl (C=O) groups excluding carboxylic acids is 1. The van der Waals surface area contributed by atoms with Crippen molar-refractivity contribution in [3.8, 4) is 0 Å². The second-order valence-corrected chi connectivity index (χ2v) is 2.95. The van der Waals surface area contributed by atoms with Gasteiger partial charge in [-0.3, -0.25) is 4.79 Å². The molecule has 3 heteroatoms. The standard InChI is InChI=1S/C10H19NO2/c1-5-7-11(8-6-2)10(12)9(3)13-4/h5,9H,1,6-8H2,2-4H3. The van der Waals surface area contributed by atoms with Crippen molar-refractivity contribution in [3.63, 3.8) is 0 Å². The molecular formula is C10H19NO2. The zero-order chi connectivity index (χ0) is 10.3. The van der Waals surface area contributed by atoms with Crippen molar-refractivity contribution < 1.29 is 9.53 Å². The minimum Gasteiger partial charge on any atom is -0.372 e. The van der Waals surface area contributed by atoms with Gasteiger partial charge in [0, 0.05) is 20.2 Å². The summed E-state index contributed by atoms with van der Waals surface area (Å²) in [7, 11) is 1.54. The third kappa shape index (κ3) is 4.08. The molecule has 0 heterocycles. The molecule has 0 aromatic carbocycles. The van der Waals surface area contributed by atoms with E-state index in [1.807, 2.05) is 6.92 Å². The van der Waals surface area contributed by atoms with Crippen LogP contribution >= 0.6 is 0 Å². The number of carbonyl (C=O) groups is 1. The Morgan fingerprint density at radius 2 is 2.31 bits per heavy atom. The second-order valence-electron chi connectivity index (χ2n) is 2.95. The largest absolute Gasteiger partial charge is 0.372 e. The van der Waals surface area contributed by atoms with Crippen molar-refractivity contribution in [2.24, 2.45) is 0 Å². The Balaban J connectivity index is 4.17. The van der Waals surface area contributed by atoms with Gasteiger partial charge in [-0.25, -0.2) is 0 Å². The zero-order valence-corrected chi connectivity index (χ0v) is 8.75. The molecule has 13 heavy (non-hydrogen) atoms. The fourth-order valence-electron chi connectivity index (χ4n) is 1.08. The van der Waals surface area contributed by atoms with Crippen LogP contribution in [0.2, 0.25) is 0 Å². The van der Waals surface area contributed by atoms with Crippen LogP contribution in [0.1, 0.15) is 20.3 Å². The van der Waals surface area contributed by atoms with Crippen molar-refractivity contribution in [2.45, 2.75) is 26.4 Å². The number of hydrogen-bond donors (Lipinski definition) is 0. The molecule has 0 spiro atoms. The molecule has 0 radical (unpaired) electrons. The van der Waals surface area contributed by atoms with Crippen LogP contribution in [0.5, 0.6) is 0 Å². The van der Waals surface area contributed by atoms with Crippen LogP contribution in [-0.2, 0) is 9.53 Å². The van der Waals surface area contributed by atoms with Gasteiger partial charge in [0.1, 0.15) is 6.10 Å². The average molecular weight is 185 g/mol. The van der Waals surface area contributed by atoms with Gasteiger partial charge in [0.15, 0.2) is 0 Å². The monoisotopic (exact) mass is 185 g/mol. The van der Waals surface area contributed by atoms with Gasteiger partial charge in [-0.05, 0) is 13.3 Å². The fourth-order valence-corrected chi connectivity index (χ4v) is 1.08. The molecule has 0 aliphatic carbocycles. The van der Waals surface area contributed by atoms with Crippen LogP contribution in [-0.4, -0.2) is 37.1 Å². The molecule has 0 saturated carbocycles. The van der Waals surface area contributed by atoms with E-state index in [1.165, 1.54) is 0 Å². The first kappa shape index (κ1) is 12.2. The third-order valence-electron chi connectivity index (χ3n) is 1.86. The Morgan fingerprint density at radius 3 is 2.69 bits per heavy atom. The maximum Gasteiger partial charge on any atom is 0.251 e. The molecule has 1 amide bonds. The summed E-state index contributed by atoms with van der Waals surface area (Å²) in [5.41, 5.74) is 0. The number of rotatable bonds is 6. The van der Waals surface area contributed by atoms with E-state index < -0.39 is 0 Å². The van der Waals surface area contributed by atoms with Crippen LogP contribution in [0.15, 0.2) is 12.7 Å². The molecule has 0 N–H and O–H groups in total. The van der Waals surface area contributed by atoms with Crippen molar-refractivity contribution in [1.82, 2.24) is 4.90 Å². The first-order chi connectivity index (χ1) is 6.17. The molecule has 1 atom stereocenters. The summed E-state index contributed by atoms with van der Waals surface area (Å²) in [6.45, 7) is 8.78. The van der Waals surface area contributed by atoms with Gasteiger partial charge < -0.3 is 9.64 Å². The molecule has 76 valence electrons. The number of methoxy groups -OCH3 is 1. The SMILES string of the molecule is C=CCN(CCC)C(=O)C(C)OC. The molecule has 1 unspecified atom stereocenters. The van der Waals surface area contributed by atoms with Gasteiger partial charge >= 0.3 is 0 Å². The Morgan fingerprint density at radius 1 is 1.69 bits per heavy atom. The van der Waals surface area contributed by atoms with Gasteiger partial charge in [-0.1, -0.05) is 13.0 Å². The maximum absolute atomic E-state index is 11.6. The highest BCUT2D eigenvalue weighted by Crippen LogP contribution is 1.99. The highest BCUT2D eigenvalue weighted by Gasteiger charge is 2.17. The quantitative estimate of drug-likeness (QED) is 0.586. The highest BCUT2D eigenvalue weighted by molar-refractivity contribution is 5.80. The number of hydrogen-bond acceptors (Lipinski definition) is 2. The third-order valence-corrected chi connectivity index (χ3v) is 1.86. The summed E-state index contributed by atoms with van der Waals surface area (Å²) in [6.07, 6.45) is 2.33. The van der Waals surface area contributed by atoms with Crippen molar-refractivity contribution in [1.29, 1.82) is 0 Å². The van der Waals surface area contributed by atoms with Crippen molar-refractivity contribution in [2.75, 3.05) is 20.2 Å². The summed E-state index contributed by atoms with van der Waals surface area (Å²) < 4.78 is 4.96. The van der Waals surface area contributed by atoms with E-state index in [1.54, 1.807) is 25.0 Å². The van der Waals surface area contributed by atoms with E-state index in [-0.39, 0.29) is 12.0 Å². The Hall–Kier alpha value is -0.830. The van der Waals surface area contributed by atoms with Crippen LogP contribution in [0.4, 0.5) is 0 Å². The van der Waals surface area contributed by atoms with E-state index in [2.05, 4.69) is 6.58 Å². The van der Waals surface area contributed by atoms with Crippen LogP contribution in [0.25, 0.3) is 0 Å². The normalized spacial score (nSPS) is 12.2. The van der Waals surface area contributed by atoms with Gasteiger partial charge in [-0.2, -0.15) is 0 Å². The number of amides is 1. The molecule has 0 fully saturated rings. The van der Waals surface area contributed by atoms with Crippen molar-refractivity contribution >= 4 is 5.91 Å². The lowest BCUT2D eigenvalue weighted by molar-refractivity contribution is -0.140. The summed E-state index contributed by atoms with van der Waals surface area (Å²) in [4.78, 5) is 13.4. The Labute approximate surface area is 80.4 Å². The van der Waals surface area contributed by atoms with E-state index in [0.717, 1.165) is 13.0 Å². The lowest BCUT2D eigenvalue weighted by atomic mass is 10.3. The van der Waals surface area contributed by atoms with E-state index in [0.29, 0.717) is 6.54 Å². The lowest BCUT2D eigenvalue weighted by Crippen LogP contribution is -2.39. The summed E-state index contributed by atoms with van der Waals surface area (Å²) in [6, 6.07) is 0. The zero-order valence-electron chi connectivity index (χ0n) is 8.75. The topological polar surface area (TPSA) is 29.5 Å². The molecular weight excluding hydrogens is 166 g/mol. The summed E-state index contributed by atoms with van der Waals surface area (Å²) in [5.74, 6) is 0.0317. The molecule has 0 rings (SSSR count). The van der Waals surface area contributed by atoms with Gasteiger partial charge in [0.25, 0.3) is 5.91 Å². The summed E-state index contributed by atoms with van der Waals surface area (Å²) in [5, 5.41) is 0. The summed E-state index contributed by atoms with van der Waals surface area (Å²) >= 11 is 0. The minimum absolute atomic E-state index is 0.0317. The molecule has 3 nitrogen and oxygen atoms in total. The molecule has 0 aliphatic rings. The van der Waals surface area contributed by atoms with E-state index >= 15 is 0 Å². The fraction of sp³-hybridized carbons (Fsp3) is 0.700. The van der Waals surface area contributed by atoms with Crippen molar-refractivity contribution in [3.05, 3.63) is 12.7 Å². The van der Waals surface area contributed by atoms with Crippen LogP contribution in [0.3, 0.4) is 0 Å². The molecule has 0 aromatic rings. The lowest BCUT2D eigenvalue weighted by Gasteiger charge is -2.23. The molecule has 0 aromatic heterocycles. The molecule has 0 saturated heterocycles. The van der Waals surface area contributed by atoms with E-state index in [9.17, 15) is 4.79 Å². The molecule has 0 aliphatic heterocycles. The average Bonchev–Trinajstić information content (AvgIpc) is 2.15. The van der Waals surface area contributed by atoms with E-state index in [4.69, 9.17) is 4.74 Å². The maximum atomic E-state index is 11.6. The van der Waals surface area contributed by atoms with Gasteiger partial charge in [0.05, 0.1) is 0 Å².